The molecule has 32 heavy (non-hydrogen) atoms. The largest absolute Gasteiger partial charge is 0.433 e. The molecule has 4 rings (SSSR count). The van der Waals surface area contributed by atoms with Crippen LogP contribution in [0.3, 0.4) is 0 Å². The number of benzene rings is 1. The molecule has 3 heterocycles. The topological polar surface area (TPSA) is 165 Å². The lowest BCUT2D eigenvalue weighted by Crippen LogP contribution is -2.54. The third kappa shape index (κ3) is 4.45. The molecule has 0 saturated carbocycles. The number of rotatable bonds is 7. The van der Waals surface area contributed by atoms with Gasteiger partial charge in [0.1, 0.15) is 4.92 Å². The Morgan fingerprint density at radius 2 is 1.91 bits per heavy atom. The Morgan fingerprint density at radius 3 is 2.50 bits per heavy atom. The number of anilines is 2. The maximum absolute atomic E-state index is 12.4. The second kappa shape index (κ2) is 8.39. The number of thiazole rings is 1. The Kier molecular flexibility index (Phi) is 5.63. The van der Waals surface area contributed by atoms with Gasteiger partial charge >= 0.3 is 5.88 Å². The molecule has 0 atom stereocenters. The first-order chi connectivity index (χ1) is 15.2. The van der Waals surface area contributed by atoms with Gasteiger partial charge in [0.05, 0.1) is 16.9 Å². The number of nitrogens with one attached hydrogen (secondary N) is 2. The summed E-state index contributed by atoms with van der Waals surface area (Å²) in [6, 6.07) is 7.92. The van der Waals surface area contributed by atoms with Crippen LogP contribution >= 0.6 is 11.3 Å². The van der Waals surface area contributed by atoms with Gasteiger partial charge in [-0.1, -0.05) is 0 Å². The minimum absolute atomic E-state index is 0.0126. The first kappa shape index (κ1) is 21.5. The summed E-state index contributed by atoms with van der Waals surface area (Å²) in [4.78, 5) is 39.8. The Morgan fingerprint density at radius 1 is 1.19 bits per heavy atom. The number of amides is 2. The summed E-state index contributed by atoms with van der Waals surface area (Å²) in [7, 11) is -3.80. The Labute approximate surface area is 185 Å². The third-order valence-corrected chi connectivity index (χ3v) is 6.78. The summed E-state index contributed by atoms with van der Waals surface area (Å²) >= 11 is 1.15. The van der Waals surface area contributed by atoms with E-state index in [1.807, 2.05) is 0 Å². The van der Waals surface area contributed by atoms with Crippen LogP contribution in [-0.2, 0) is 14.8 Å². The molecule has 2 N–H and O–H groups in total. The number of sulfonamides is 1. The van der Waals surface area contributed by atoms with Crippen molar-refractivity contribution in [3.63, 3.8) is 0 Å². The molecule has 0 unspecified atom stereocenters. The Hall–Kier alpha value is -3.78. The van der Waals surface area contributed by atoms with Gasteiger partial charge in [0.25, 0.3) is 15.9 Å². The average molecular weight is 477 g/mol. The van der Waals surface area contributed by atoms with Crippen molar-refractivity contribution < 1.29 is 27.3 Å². The fraction of sp³-hybridized carbons (Fsp3) is 0.167. The SMILES string of the molecule is O=C(Nc1ccc(S(=O)(=O)Nc2nccs2)cc1)C1CN(C(=O)c2ccc([N+](=O)[O-])o2)C1. The zero-order valence-corrected chi connectivity index (χ0v) is 17.8. The monoisotopic (exact) mass is 477 g/mol. The van der Waals surface area contributed by atoms with Gasteiger partial charge in [-0.3, -0.25) is 24.4 Å². The summed E-state index contributed by atoms with van der Waals surface area (Å²) < 4.78 is 31.9. The Bertz CT molecular complexity index is 1260. The van der Waals surface area contributed by atoms with E-state index in [0.717, 1.165) is 17.4 Å². The standard InChI is InChI=1S/C18H15N5O7S2/c24-16(11-9-22(10-11)17(25)14-5-6-15(30-14)23(26)27)20-12-1-3-13(4-2-12)32(28,29)21-18-19-7-8-31-18/h1-8,11H,9-10H2,(H,19,21)(H,20,24). The number of carbonyl (C=O) groups excluding carboxylic acids is 2. The Balaban J connectivity index is 1.31. The lowest BCUT2D eigenvalue weighted by Gasteiger charge is -2.37. The van der Waals surface area contributed by atoms with Gasteiger partial charge in [-0.15, -0.1) is 11.3 Å². The van der Waals surface area contributed by atoms with E-state index in [0.29, 0.717) is 5.69 Å². The van der Waals surface area contributed by atoms with Crippen molar-refractivity contribution in [2.45, 2.75) is 4.90 Å². The van der Waals surface area contributed by atoms with Crippen molar-refractivity contribution in [2.24, 2.45) is 5.92 Å². The van der Waals surface area contributed by atoms with Gasteiger partial charge in [0.2, 0.25) is 5.91 Å². The van der Waals surface area contributed by atoms with Crippen LogP contribution in [-0.4, -0.2) is 48.1 Å². The predicted octanol–water partition coefficient (Wildman–Crippen LogP) is 2.16. The molecule has 1 aromatic carbocycles. The van der Waals surface area contributed by atoms with Crippen LogP contribution in [0.1, 0.15) is 10.6 Å². The van der Waals surface area contributed by atoms with Gasteiger partial charge in [-0.25, -0.2) is 13.4 Å². The quantitative estimate of drug-likeness (QED) is 0.386. The summed E-state index contributed by atoms with van der Waals surface area (Å²) in [5.41, 5.74) is 0.398. The maximum atomic E-state index is 12.4. The molecule has 0 bridgehead atoms. The van der Waals surface area contributed by atoms with Crippen molar-refractivity contribution in [1.82, 2.24) is 9.88 Å². The number of furan rings is 1. The molecule has 1 aliphatic rings. The first-order valence-electron chi connectivity index (χ1n) is 9.10. The minimum atomic E-state index is -3.80. The van der Waals surface area contributed by atoms with Gasteiger partial charge < -0.3 is 14.6 Å². The van der Waals surface area contributed by atoms with E-state index in [9.17, 15) is 28.1 Å². The summed E-state index contributed by atoms with van der Waals surface area (Å²) in [5, 5.41) is 15.2. The molecule has 0 spiro atoms. The fourth-order valence-corrected chi connectivity index (χ4v) is 4.71. The van der Waals surface area contributed by atoms with E-state index in [1.165, 1.54) is 41.4 Å². The van der Waals surface area contributed by atoms with Gasteiger partial charge in [0, 0.05) is 30.4 Å². The second-order valence-corrected chi connectivity index (χ2v) is 9.34. The summed E-state index contributed by atoms with van der Waals surface area (Å²) in [5.74, 6) is -2.05. The molecule has 166 valence electrons. The highest BCUT2D eigenvalue weighted by Crippen LogP contribution is 2.24. The van der Waals surface area contributed by atoms with Crippen LogP contribution in [0.25, 0.3) is 0 Å². The van der Waals surface area contributed by atoms with E-state index >= 15 is 0 Å². The molecular formula is C18H15N5O7S2. The second-order valence-electron chi connectivity index (χ2n) is 6.76. The molecule has 3 aromatic rings. The zero-order valence-electron chi connectivity index (χ0n) is 16.1. The van der Waals surface area contributed by atoms with Crippen LogP contribution in [0, 0.1) is 16.0 Å². The van der Waals surface area contributed by atoms with Crippen LogP contribution < -0.4 is 10.0 Å². The highest BCUT2D eigenvalue weighted by molar-refractivity contribution is 7.93. The molecule has 2 aromatic heterocycles. The molecule has 14 heteroatoms. The van der Waals surface area contributed by atoms with Crippen LogP contribution in [0.2, 0.25) is 0 Å². The van der Waals surface area contributed by atoms with Crippen molar-refractivity contribution >= 4 is 49.9 Å². The van der Waals surface area contributed by atoms with Crippen molar-refractivity contribution in [3.05, 3.63) is 63.8 Å². The van der Waals surface area contributed by atoms with Gasteiger partial charge in [0.15, 0.2) is 10.9 Å². The summed E-state index contributed by atoms with van der Waals surface area (Å²) in [6.07, 6.45) is 1.48. The van der Waals surface area contributed by atoms with Crippen LogP contribution in [0.5, 0.6) is 0 Å². The van der Waals surface area contributed by atoms with Crippen molar-refractivity contribution in [1.29, 1.82) is 0 Å². The highest BCUT2D eigenvalue weighted by atomic mass is 32.2. The molecule has 1 aliphatic heterocycles. The molecule has 1 fully saturated rings. The number of carbonyl (C=O) groups is 2. The van der Waals surface area contributed by atoms with Crippen molar-refractivity contribution in [3.8, 4) is 0 Å². The van der Waals surface area contributed by atoms with Crippen LogP contribution in [0.15, 0.2) is 57.3 Å². The smallest absolute Gasteiger partial charge is 0.395 e. The van der Waals surface area contributed by atoms with E-state index in [2.05, 4.69) is 15.0 Å². The molecule has 0 radical (unpaired) electrons. The zero-order chi connectivity index (χ0) is 22.9. The predicted molar refractivity (Wildman–Crippen MR) is 113 cm³/mol. The third-order valence-electron chi connectivity index (χ3n) is 4.61. The number of nitrogens with zero attached hydrogens (tertiary/aromatic N) is 3. The number of hydrogen-bond acceptors (Lipinski definition) is 9. The lowest BCUT2D eigenvalue weighted by molar-refractivity contribution is -0.402. The fourth-order valence-electron chi connectivity index (χ4n) is 2.92. The molecule has 12 nitrogen and oxygen atoms in total. The highest BCUT2D eigenvalue weighted by Gasteiger charge is 2.37. The maximum Gasteiger partial charge on any atom is 0.433 e. The van der Waals surface area contributed by atoms with E-state index in [-0.39, 0.29) is 34.8 Å². The normalized spacial score (nSPS) is 13.9. The number of hydrogen-bond donors (Lipinski definition) is 2. The average Bonchev–Trinajstić information content (AvgIpc) is 3.39. The van der Waals surface area contributed by atoms with E-state index < -0.39 is 32.7 Å². The van der Waals surface area contributed by atoms with E-state index in [1.54, 1.807) is 5.38 Å². The van der Waals surface area contributed by atoms with Gasteiger partial charge in [-0.2, -0.15) is 0 Å². The van der Waals surface area contributed by atoms with Crippen molar-refractivity contribution in [2.75, 3.05) is 23.1 Å². The summed E-state index contributed by atoms with van der Waals surface area (Å²) in [6.45, 7) is 0.257. The number of aromatic nitrogens is 1. The number of likely N-dealkylation sites (tertiary alicyclic amines) is 1. The molecule has 1 saturated heterocycles. The first-order valence-corrected chi connectivity index (χ1v) is 11.5. The van der Waals surface area contributed by atoms with Crippen LogP contribution in [0.4, 0.5) is 16.7 Å². The number of nitro groups is 1. The molecule has 2 amide bonds. The lowest BCUT2D eigenvalue weighted by atomic mass is 9.98. The van der Waals surface area contributed by atoms with Gasteiger partial charge in [-0.05, 0) is 30.3 Å². The minimum Gasteiger partial charge on any atom is -0.395 e. The van der Waals surface area contributed by atoms with E-state index in [4.69, 9.17) is 4.42 Å². The molecule has 0 aliphatic carbocycles. The molecular weight excluding hydrogens is 462 g/mol.